The van der Waals surface area contributed by atoms with Crippen LogP contribution < -0.4 is 4.90 Å². The van der Waals surface area contributed by atoms with Gasteiger partial charge in [-0.15, -0.1) is 0 Å². The van der Waals surface area contributed by atoms with Crippen molar-refractivity contribution >= 4 is 5.82 Å². The average molecular weight is 247 g/mol. The quantitative estimate of drug-likeness (QED) is 0.746. The number of anilines is 1. The van der Waals surface area contributed by atoms with E-state index in [-0.39, 0.29) is 0 Å². The molecule has 0 spiro atoms. The summed E-state index contributed by atoms with van der Waals surface area (Å²) in [7, 11) is 4.07. The Kier molecular flexibility index (Phi) is 3.31. The number of hydrogen-bond donors (Lipinski definition) is 0. The van der Waals surface area contributed by atoms with Crippen LogP contribution in [0.4, 0.5) is 5.82 Å². The van der Waals surface area contributed by atoms with Crippen LogP contribution in [0.5, 0.6) is 0 Å². The first-order valence-electron chi connectivity index (χ1n) is 6.36. The third kappa shape index (κ3) is 1.97. The van der Waals surface area contributed by atoms with E-state index in [2.05, 4.69) is 41.9 Å². The molecule has 0 bridgehead atoms. The standard InChI is InChI=1S/C13H21N5/c1-9-7-18(8-10(2)16(9)4)13-12(6-14)11(3)15-17(13)5/h9-10H,7-8H2,1-5H3. The Morgan fingerprint density at radius 3 is 2.28 bits per heavy atom. The number of aromatic nitrogens is 2. The van der Waals surface area contributed by atoms with Crippen molar-refractivity contribution in [1.29, 1.82) is 5.26 Å². The van der Waals surface area contributed by atoms with E-state index in [1.54, 1.807) is 0 Å². The van der Waals surface area contributed by atoms with Gasteiger partial charge in [0.05, 0.1) is 5.69 Å². The highest BCUT2D eigenvalue weighted by Crippen LogP contribution is 2.26. The summed E-state index contributed by atoms with van der Waals surface area (Å²) in [5.74, 6) is 0.960. The Morgan fingerprint density at radius 1 is 1.22 bits per heavy atom. The lowest BCUT2D eigenvalue weighted by Crippen LogP contribution is -2.55. The first-order chi connectivity index (χ1) is 8.45. The molecule has 98 valence electrons. The van der Waals surface area contributed by atoms with Gasteiger partial charge < -0.3 is 4.90 Å². The Hall–Kier alpha value is -1.54. The fraction of sp³-hybridized carbons (Fsp3) is 0.692. The van der Waals surface area contributed by atoms with Crippen LogP contribution in [0, 0.1) is 18.3 Å². The van der Waals surface area contributed by atoms with E-state index < -0.39 is 0 Å². The van der Waals surface area contributed by atoms with Gasteiger partial charge in [-0.1, -0.05) is 0 Å². The molecule has 18 heavy (non-hydrogen) atoms. The van der Waals surface area contributed by atoms with Gasteiger partial charge in [0.15, 0.2) is 0 Å². The largest absolute Gasteiger partial charge is 0.353 e. The lowest BCUT2D eigenvalue weighted by molar-refractivity contribution is 0.169. The summed E-state index contributed by atoms with van der Waals surface area (Å²) in [5.41, 5.74) is 1.52. The maximum atomic E-state index is 9.29. The molecule has 0 aromatic carbocycles. The minimum atomic E-state index is 0.482. The fourth-order valence-corrected chi connectivity index (χ4v) is 2.72. The lowest BCUT2D eigenvalue weighted by atomic mass is 10.1. The molecule has 5 heteroatoms. The van der Waals surface area contributed by atoms with Gasteiger partial charge in [-0.2, -0.15) is 10.4 Å². The smallest absolute Gasteiger partial charge is 0.145 e. The number of aryl methyl sites for hydroxylation is 2. The van der Waals surface area contributed by atoms with Crippen molar-refractivity contribution in [3.05, 3.63) is 11.3 Å². The molecule has 0 aliphatic carbocycles. The summed E-state index contributed by atoms with van der Waals surface area (Å²) >= 11 is 0. The number of hydrogen-bond acceptors (Lipinski definition) is 4. The molecule has 1 aromatic heterocycles. The zero-order chi connectivity index (χ0) is 13.4. The molecule has 0 radical (unpaired) electrons. The normalized spacial score (nSPS) is 25.2. The van der Waals surface area contributed by atoms with Gasteiger partial charge in [-0.25, -0.2) is 0 Å². The second kappa shape index (κ2) is 4.62. The molecule has 0 N–H and O–H groups in total. The van der Waals surface area contributed by atoms with Crippen LogP contribution in [-0.2, 0) is 7.05 Å². The highest BCUT2D eigenvalue weighted by atomic mass is 15.4. The molecule has 2 unspecified atom stereocenters. The highest BCUT2D eigenvalue weighted by Gasteiger charge is 2.30. The zero-order valence-corrected chi connectivity index (χ0v) is 11.8. The van der Waals surface area contributed by atoms with Gasteiger partial charge in [0.1, 0.15) is 17.5 Å². The van der Waals surface area contributed by atoms with Crippen LogP contribution in [0.3, 0.4) is 0 Å². The number of rotatable bonds is 1. The minimum Gasteiger partial charge on any atom is -0.353 e. The van der Waals surface area contributed by atoms with Gasteiger partial charge in [0.2, 0.25) is 0 Å². The summed E-state index contributed by atoms with van der Waals surface area (Å²) in [5, 5.41) is 13.7. The summed E-state index contributed by atoms with van der Waals surface area (Å²) in [4.78, 5) is 4.67. The Labute approximate surface area is 109 Å². The van der Waals surface area contributed by atoms with E-state index in [9.17, 15) is 5.26 Å². The third-order valence-electron chi connectivity index (χ3n) is 3.96. The fourth-order valence-electron chi connectivity index (χ4n) is 2.72. The van der Waals surface area contributed by atoms with Gasteiger partial charge >= 0.3 is 0 Å². The summed E-state index contributed by atoms with van der Waals surface area (Å²) in [6.45, 7) is 8.21. The molecule has 1 fully saturated rings. The van der Waals surface area contributed by atoms with Crippen molar-refractivity contribution in [3.63, 3.8) is 0 Å². The van der Waals surface area contributed by atoms with E-state index in [1.807, 2.05) is 18.7 Å². The van der Waals surface area contributed by atoms with Crippen LogP contribution >= 0.6 is 0 Å². The predicted octanol–water partition coefficient (Wildman–Crippen LogP) is 1.13. The SMILES string of the molecule is Cc1nn(C)c(N2CC(C)N(C)C(C)C2)c1C#N. The Bertz CT molecular complexity index is 472. The van der Waals surface area contributed by atoms with Crippen molar-refractivity contribution in [2.24, 2.45) is 7.05 Å². The number of piperazine rings is 1. The number of likely N-dealkylation sites (N-methyl/N-ethyl adjacent to an activating group) is 1. The third-order valence-corrected chi connectivity index (χ3v) is 3.96. The Morgan fingerprint density at radius 2 is 1.78 bits per heavy atom. The maximum absolute atomic E-state index is 9.29. The van der Waals surface area contributed by atoms with Crippen molar-refractivity contribution in [2.45, 2.75) is 32.9 Å². The second-order valence-corrected chi connectivity index (χ2v) is 5.29. The molecule has 1 aliphatic heterocycles. The van der Waals surface area contributed by atoms with Gasteiger partial charge in [0.25, 0.3) is 0 Å². The molecule has 2 rings (SSSR count). The van der Waals surface area contributed by atoms with Gasteiger partial charge in [-0.05, 0) is 27.8 Å². The van der Waals surface area contributed by atoms with Crippen molar-refractivity contribution in [3.8, 4) is 6.07 Å². The molecule has 0 saturated carbocycles. The zero-order valence-electron chi connectivity index (χ0n) is 11.8. The monoisotopic (exact) mass is 247 g/mol. The van der Waals surface area contributed by atoms with E-state index >= 15 is 0 Å². The molecule has 1 aromatic rings. The molecular weight excluding hydrogens is 226 g/mol. The number of nitrogens with zero attached hydrogens (tertiary/aromatic N) is 5. The highest BCUT2D eigenvalue weighted by molar-refractivity contribution is 5.57. The first kappa shape index (κ1) is 12.9. The lowest BCUT2D eigenvalue weighted by Gasteiger charge is -2.43. The molecule has 0 amide bonds. The van der Waals surface area contributed by atoms with Crippen molar-refractivity contribution in [1.82, 2.24) is 14.7 Å². The van der Waals surface area contributed by atoms with Crippen LogP contribution in [0.2, 0.25) is 0 Å². The molecule has 1 aliphatic rings. The average Bonchev–Trinajstić information content (AvgIpc) is 2.59. The van der Waals surface area contributed by atoms with Gasteiger partial charge in [0, 0.05) is 32.2 Å². The summed E-state index contributed by atoms with van der Waals surface area (Å²) in [6.07, 6.45) is 0. The number of nitriles is 1. The summed E-state index contributed by atoms with van der Waals surface area (Å²) in [6, 6.07) is 3.25. The van der Waals surface area contributed by atoms with E-state index in [4.69, 9.17) is 0 Å². The Balaban J connectivity index is 2.36. The van der Waals surface area contributed by atoms with E-state index in [0.717, 1.165) is 24.6 Å². The summed E-state index contributed by atoms with van der Waals surface area (Å²) < 4.78 is 1.83. The van der Waals surface area contributed by atoms with Crippen molar-refractivity contribution in [2.75, 3.05) is 25.0 Å². The van der Waals surface area contributed by atoms with Crippen LogP contribution in [0.25, 0.3) is 0 Å². The van der Waals surface area contributed by atoms with Crippen LogP contribution in [0.1, 0.15) is 25.1 Å². The predicted molar refractivity (Wildman–Crippen MR) is 71.6 cm³/mol. The maximum Gasteiger partial charge on any atom is 0.145 e. The second-order valence-electron chi connectivity index (χ2n) is 5.29. The molecular formula is C13H21N5. The molecule has 2 atom stereocenters. The van der Waals surface area contributed by atoms with Crippen LogP contribution in [-0.4, -0.2) is 46.9 Å². The topological polar surface area (TPSA) is 48.1 Å². The molecule has 5 nitrogen and oxygen atoms in total. The molecule has 1 saturated heterocycles. The van der Waals surface area contributed by atoms with Gasteiger partial charge in [-0.3, -0.25) is 9.58 Å². The van der Waals surface area contributed by atoms with E-state index in [1.165, 1.54) is 0 Å². The first-order valence-corrected chi connectivity index (χ1v) is 6.36. The molecule has 2 heterocycles. The minimum absolute atomic E-state index is 0.482. The van der Waals surface area contributed by atoms with Crippen LogP contribution in [0.15, 0.2) is 0 Å². The van der Waals surface area contributed by atoms with E-state index in [0.29, 0.717) is 17.6 Å². The van der Waals surface area contributed by atoms with Crippen molar-refractivity contribution < 1.29 is 0 Å².